The summed E-state index contributed by atoms with van der Waals surface area (Å²) in [4.78, 5) is 173. The van der Waals surface area contributed by atoms with Gasteiger partial charge < -0.3 is 25.0 Å². The van der Waals surface area contributed by atoms with Gasteiger partial charge >= 0.3 is 8.80 Å². The van der Waals surface area contributed by atoms with E-state index in [0.717, 1.165) is 55.4 Å². The maximum atomic E-state index is 15.1. The SMILES string of the molecule is Cc1c(C)c2c(c(C)c1NC(=O)c1cc(C(=O)c3ccc4c(c3)C(=O)N(c3c(C)c(N5C(=O)c6ccc(C(=O)c7ccc8c(c7)C(=O)N(C)C8=O)cc6C5=O)c(C)c5c3C(C)(C)CC5)C4=O)ccc1C(=O)NCCC[Si](O)(O)O)CCC2(C)C. The fourth-order valence-corrected chi connectivity index (χ4v) is 14.0. The number of nitrogens with one attached hydrogen (secondary N) is 2. The Balaban J connectivity index is 0.921. The predicted octanol–water partition coefficient (Wildman–Crippen LogP) is 8.25. The van der Waals surface area contributed by atoms with Gasteiger partial charge in [-0.3, -0.25) is 52.8 Å². The van der Waals surface area contributed by atoms with Gasteiger partial charge in [-0.1, -0.05) is 52.0 Å². The van der Waals surface area contributed by atoms with Crippen molar-refractivity contribution < 1.29 is 62.3 Å². The van der Waals surface area contributed by atoms with E-state index in [1.54, 1.807) is 13.8 Å². The lowest BCUT2D eigenvalue weighted by atomic mass is 9.81. The number of fused-ring (bicyclic) bond motifs is 5. The topological polar surface area (TPSA) is 265 Å². The minimum atomic E-state index is -4.40. The van der Waals surface area contributed by atoms with Gasteiger partial charge in [0.25, 0.3) is 47.3 Å². The fraction of sp³-hybridized carbons (Fsp3) is 0.292. The van der Waals surface area contributed by atoms with E-state index in [1.807, 2.05) is 34.6 Å². The second-order valence-corrected chi connectivity index (χ2v) is 26.1. The highest BCUT2D eigenvalue weighted by molar-refractivity contribution is 6.56. The maximum Gasteiger partial charge on any atom is 0.492 e. The fourth-order valence-electron chi connectivity index (χ4n) is 13.4. The smallest absolute Gasteiger partial charge is 0.390 e. The highest BCUT2D eigenvalue weighted by Gasteiger charge is 2.48. The molecule has 8 amide bonds. The third-order valence-electron chi connectivity index (χ3n) is 17.9. The van der Waals surface area contributed by atoms with Crippen LogP contribution in [0, 0.1) is 34.6 Å². The molecule has 428 valence electrons. The van der Waals surface area contributed by atoms with Gasteiger partial charge in [-0.15, -0.1) is 0 Å². The van der Waals surface area contributed by atoms with Crippen LogP contribution in [0.4, 0.5) is 17.1 Å². The molecule has 18 nitrogen and oxygen atoms in total. The maximum absolute atomic E-state index is 15.1. The van der Waals surface area contributed by atoms with Crippen molar-refractivity contribution in [1.29, 1.82) is 0 Å². The van der Waals surface area contributed by atoms with Gasteiger partial charge in [0.15, 0.2) is 11.6 Å². The molecule has 3 aliphatic heterocycles. The van der Waals surface area contributed by atoms with Crippen LogP contribution in [0.15, 0.2) is 72.8 Å². The molecule has 3 heterocycles. The van der Waals surface area contributed by atoms with Crippen molar-refractivity contribution >= 4 is 84.7 Å². The molecule has 11 rings (SSSR count). The van der Waals surface area contributed by atoms with E-state index < -0.39 is 73.0 Å². The summed E-state index contributed by atoms with van der Waals surface area (Å²) in [6.45, 7) is 17.6. The van der Waals surface area contributed by atoms with Crippen LogP contribution in [0.3, 0.4) is 0 Å². The highest BCUT2D eigenvalue weighted by atomic mass is 28.4. The number of imide groups is 3. The predicted molar refractivity (Wildman–Crippen MR) is 313 cm³/mol. The first-order valence-electron chi connectivity index (χ1n) is 27.8. The lowest BCUT2D eigenvalue weighted by Gasteiger charge is -2.32. The minimum Gasteiger partial charge on any atom is -0.390 e. The molecule has 0 unspecified atom stereocenters. The second-order valence-electron chi connectivity index (χ2n) is 24.0. The standard InChI is InChI=1S/C65H61N5O13Si/c1-30-31(2)51(32(3)39-20-22-64(6,7)49(30)39)67-57(74)45-26-35(12-16-41(45)56(73)66-24-11-25-84(81,82)83)54(71)37-15-19-44-48(29-37)63(80)70(61(44)78)53-34(5)52(33(4)40-21-23-65(8,9)50(40)53)69-60(77)43-18-14-38(28-47(43)62(69)79)55(72)36-13-17-42-46(27-36)59(76)68(10)58(42)75/h12-19,26-29,81-83H,11,20-25H2,1-10H3,(H,66,73)(H,67,74). The molecule has 5 aliphatic rings. The second kappa shape index (κ2) is 19.9. The van der Waals surface area contributed by atoms with Crippen LogP contribution < -0.4 is 20.4 Å². The molecule has 0 radical (unpaired) electrons. The van der Waals surface area contributed by atoms with Gasteiger partial charge in [0.2, 0.25) is 0 Å². The summed E-state index contributed by atoms with van der Waals surface area (Å²) in [6, 6.07) is 16.0. The van der Waals surface area contributed by atoms with Gasteiger partial charge in [0.1, 0.15) is 0 Å². The monoisotopic (exact) mass is 1150 g/mol. The molecular weight excluding hydrogens is 1090 g/mol. The van der Waals surface area contributed by atoms with Crippen molar-refractivity contribution in [2.45, 2.75) is 111 Å². The summed E-state index contributed by atoms with van der Waals surface area (Å²) in [5.74, 6) is -6.55. The van der Waals surface area contributed by atoms with Gasteiger partial charge in [0.05, 0.1) is 55.9 Å². The molecule has 6 aromatic rings. The number of carbonyl (C=O) groups is 10. The molecule has 0 aromatic heterocycles. The Kier molecular flexibility index (Phi) is 13.5. The summed E-state index contributed by atoms with van der Waals surface area (Å²) in [6.07, 6.45) is 2.84. The van der Waals surface area contributed by atoms with Crippen LogP contribution in [0.1, 0.15) is 212 Å². The zero-order valence-corrected chi connectivity index (χ0v) is 49.1. The zero-order valence-electron chi connectivity index (χ0n) is 48.1. The van der Waals surface area contributed by atoms with E-state index >= 15 is 4.79 Å². The van der Waals surface area contributed by atoms with Gasteiger partial charge in [-0.05, 0) is 176 Å². The molecule has 2 aliphatic carbocycles. The summed E-state index contributed by atoms with van der Waals surface area (Å²) in [5, 5.41) is 5.71. The number of benzene rings is 6. The summed E-state index contributed by atoms with van der Waals surface area (Å²) < 4.78 is 0. The van der Waals surface area contributed by atoms with Crippen LogP contribution in [-0.4, -0.2) is 101 Å². The molecule has 0 atom stereocenters. The van der Waals surface area contributed by atoms with Crippen LogP contribution in [-0.2, 0) is 23.7 Å². The third kappa shape index (κ3) is 8.86. The van der Waals surface area contributed by atoms with Gasteiger partial charge in [0, 0.05) is 47.6 Å². The number of anilines is 3. The number of carbonyl (C=O) groups excluding carboxylic acids is 10. The molecule has 19 heteroatoms. The molecule has 0 bridgehead atoms. The quantitative estimate of drug-likeness (QED) is 0.0316. The number of hydrogen-bond acceptors (Lipinski definition) is 13. The average molecular weight is 1150 g/mol. The number of amides is 8. The molecule has 0 spiro atoms. The first kappa shape index (κ1) is 57.0. The van der Waals surface area contributed by atoms with Crippen molar-refractivity contribution in [2.24, 2.45) is 0 Å². The molecule has 0 saturated carbocycles. The van der Waals surface area contributed by atoms with Crippen LogP contribution in [0.25, 0.3) is 0 Å². The minimum absolute atomic E-state index is 0.0127. The number of hydrogen-bond donors (Lipinski definition) is 5. The van der Waals surface area contributed by atoms with E-state index in [4.69, 9.17) is 0 Å². The number of nitrogens with zero attached hydrogens (tertiary/aromatic N) is 3. The van der Waals surface area contributed by atoms with Crippen molar-refractivity contribution in [1.82, 2.24) is 10.2 Å². The molecule has 84 heavy (non-hydrogen) atoms. The highest BCUT2D eigenvalue weighted by Crippen LogP contribution is 2.53. The lowest BCUT2D eigenvalue weighted by molar-refractivity contribution is 0.0690. The van der Waals surface area contributed by atoms with E-state index in [0.29, 0.717) is 29.7 Å². The molecule has 5 N–H and O–H groups in total. The summed E-state index contributed by atoms with van der Waals surface area (Å²) in [5.41, 5.74) is 7.64. The average Bonchev–Trinajstić information content (AvgIpc) is 2.39. The van der Waals surface area contributed by atoms with Crippen LogP contribution in [0.5, 0.6) is 0 Å². The van der Waals surface area contributed by atoms with E-state index in [-0.39, 0.29) is 108 Å². The first-order chi connectivity index (χ1) is 39.4. The Hall–Kier alpha value is -8.88. The van der Waals surface area contributed by atoms with Crippen molar-refractivity contribution in [3.8, 4) is 0 Å². The summed E-state index contributed by atoms with van der Waals surface area (Å²) >= 11 is 0. The van der Waals surface area contributed by atoms with Gasteiger partial charge in [-0.25, -0.2) is 9.80 Å². The largest absolute Gasteiger partial charge is 0.492 e. The Labute approximate surface area is 484 Å². The molecule has 0 saturated heterocycles. The van der Waals surface area contributed by atoms with E-state index in [1.165, 1.54) is 85.4 Å². The third-order valence-corrected chi connectivity index (χ3v) is 19.0. The van der Waals surface area contributed by atoms with E-state index in [9.17, 15) is 57.5 Å². The normalized spacial score (nSPS) is 16.3. The van der Waals surface area contributed by atoms with Crippen LogP contribution >= 0.6 is 0 Å². The molecular formula is C65H61N5O13Si. The van der Waals surface area contributed by atoms with Crippen LogP contribution in [0.2, 0.25) is 6.04 Å². The Morgan fingerprint density at radius 3 is 1.48 bits per heavy atom. The Morgan fingerprint density at radius 2 is 0.940 bits per heavy atom. The van der Waals surface area contributed by atoms with Crippen molar-refractivity contribution in [2.75, 3.05) is 28.7 Å². The van der Waals surface area contributed by atoms with E-state index in [2.05, 4.69) is 24.5 Å². The van der Waals surface area contributed by atoms with Crippen molar-refractivity contribution in [3.05, 3.63) is 190 Å². The first-order valence-corrected chi connectivity index (χ1v) is 29.8. The Bertz CT molecular complexity index is 4130. The van der Waals surface area contributed by atoms with Gasteiger partial charge in [-0.2, -0.15) is 0 Å². The number of rotatable bonds is 13. The molecule has 6 aromatic carbocycles. The zero-order chi connectivity index (χ0) is 60.7. The lowest BCUT2D eigenvalue weighted by Crippen LogP contribution is -2.36. The number of ketones is 2. The Morgan fingerprint density at radius 1 is 0.500 bits per heavy atom. The summed E-state index contributed by atoms with van der Waals surface area (Å²) in [7, 11) is -3.05. The van der Waals surface area contributed by atoms with Crippen molar-refractivity contribution in [3.63, 3.8) is 0 Å². The molecule has 0 fully saturated rings.